The van der Waals surface area contributed by atoms with Gasteiger partial charge >= 0.3 is 6.18 Å². The van der Waals surface area contributed by atoms with E-state index in [1.165, 1.54) is 25.0 Å². The Morgan fingerprint density at radius 3 is 2.09 bits per heavy atom. The van der Waals surface area contributed by atoms with Gasteiger partial charge in [0.25, 0.3) is 0 Å². The fraction of sp³-hybridized carbons (Fsp3) is 0.462. The lowest BCUT2D eigenvalue weighted by Crippen LogP contribution is -2.19. The summed E-state index contributed by atoms with van der Waals surface area (Å²) in [5.41, 5.74) is 0.0316. The lowest BCUT2D eigenvalue weighted by Gasteiger charge is -2.32. The first-order valence-electron chi connectivity index (χ1n) is 11.1. The molecule has 0 aromatic heterocycles. The molecular formula is C26H28F6. The zero-order valence-electron chi connectivity index (χ0n) is 18.3. The second-order valence-electron chi connectivity index (χ2n) is 8.85. The fourth-order valence-corrected chi connectivity index (χ4v) is 4.81. The standard InChI is InChI=1S/C26H28F6/c1-3-4-16(2)17-5-7-18(8-6-17)19-9-10-21(23(27)13-19)20-14-24(28)22(25(29)15-20)11-12-26(30,31)32/h9-18H,3-8H2,1-2H3/b12-11+. The van der Waals surface area contributed by atoms with Crippen molar-refractivity contribution in [1.82, 2.24) is 0 Å². The van der Waals surface area contributed by atoms with E-state index in [0.29, 0.717) is 17.9 Å². The van der Waals surface area contributed by atoms with Crippen LogP contribution in [0, 0.1) is 29.3 Å². The van der Waals surface area contributed by atoms with Gasteiger partial charge in [-0.3, -0.25) is 0 Å². The third-order valence-corrected chi connectivity index (χ3v) is 6.61. The Balaban J connectivity index is 1.77. The van der Waals surface area contributed by atoms with Crippen molar-refractivity contribution in [1.29, 1.82) is 0 Å². The van der Waals surface area contributed by atoms with E-state index < -0.39 is 29.2 Å². The van der Waals surface area contributed by atoms with Crippen molar-refractivity contribution in [3.63, 3.8) is 0 Å². The molecule has 0 nitrogen and oxygen atoms in total. The summed E-state index contributed by atoms with van der Waals surface area (Å²) >= 11 is 0. The summed E-state index contributed by atoms with van der Waals surface area (Å²) in [5.74, 6) is -1.30. The van der Waals surface area contributed by atoms with Gasteiger partial charge in [0.15, 0.2) is 0 Å². The van der Waals surface area contributed by atoms with E-state index in [0.717, 1.165) is 43.4 Å². The number of rotatable bonds is 6. The monoisotopic (exact) mass is 454 g/mol. The van der Waals surface area contributed by atoms with Crippen molar-refractivity contribution in [2.45, 2.75) is 64.5 Å². The molecule has 1 aliphatic rings. The van der Waals surface area contributed by atoms with Gasteiger partial charge in [-0.05, 0) is 78.8 Å². The van der Waals surface area contributed by atoms with Crippen LogP contribution in [0.25, 0.3) is 17.2 Å². The van der Waals surface area contributed by atoms with Crippen molar-refractivity contribution in [2.75, 3.05) is 0 Å². The summed E-state index contributed by atoms with van der Waals surface area (Å²) in [7, 11) is 0. The van der Waals surface area contributed by atoms with E-state index in [1.54, 1.807) is 6.07 Å². The smallest absolute Gasteiger partial charge is 0.206 e. The molecule has 0 bridgehead atoms. The molecule has 1 unspecified atom stereocenters. The maximum Gasteiger partial charge on any atom is 0.409 e. The first-order valence-corrected chi connectivity index (χ1v) is 11.1. The van der Waals surface area contributed by atoms with Crippen LogP contribution in [0.2, 0.25) is 0 Å². The van der Waals surface area contributed by atoms with Crippen LogP contribution in [-0.4, -0.2) is 6.18 Å². The minimum absolute atomic E-state index is 0.0168. The number of allylic oxidation sites excluding steroid dienone is 1. The van der Waals surface area contributed by atoms with Gasteiger partial charge in [-0.2, -0.15) is 13.2 Å². The summed E-state index contributed by atoms with van der Waals surface area (Å²) in [4.78, 5) is 0. The number of hydrogen-bond donors (Lipinski definition) is 0. The van der Waals surface area contributed by atoms with Gasteiger partial charge in [0, 0.05) is 17.2 Å². The molecule has 2 aromatic rings. The summed E-state index contributed by atoms with van der Waals surface area (Å²) in [6.45, 7) is 4.49. The molecule has 1 atom stereocenters. The maximum atomic E-state index is 14.9. The Kier molecular flexibility index (Phi) is 7.73. The molecule has 0 spiro atoms. The van der Waals surface area contributed by atoms with Crippen LogP contribution in [0.1, 0.15) is 69.4 Å². The number of hydrogen-bond acceptors (Lipinski definition) is 0. The first-order chi connectivity index (χ1) is 15.1. The maximum absolute atomic E-state index is 14.9. The Morgan fingerprint density at radius 1 is 0.938 bits per heavy atom. The zero-order valence-corrected chi connectivity index (χ0v) is 18.3. The number of halogens is 6. The van der Waals surface area contributed by atoms with Gasteiger partial charge in [0.2, 0.25) is 0 Å². The van der Waals surface area contributed by atoms with Gasteiger partial charge in [0.05, 0.1) is 0 Å². The number of alkyl halides is 3. The average molecular weight is 454 g/mol. The van der Waals surface area contributed by atoms with Crippen molar-refractivity contribution in [2.24, 2.45) is 11.8 Å². The first kappa shape index (κ1) is 24.4. The molecule has 2 aromatic carbocycles. The highest BCUT2D eigenvalue weighted by atomic mass is 19.4. The Labute approximate surface area is 185 Å². The molecule has 1 saturated carbocycles. The van der Waals surface area contributed by atoms with E-state index in [4.69, 9.17) is 0 Å². The largest absolute Gasteiger partial charge is 0.409 e. The van der Waals surface area contributed by atoms with Crippen molar-refractivity contribution < 1.29 is 26.3 Å². The van der Waals surface area contributed by atoms with Gasteiger partial charge in [-0.15, -0.1) is 0 Å². The minimum atomic E-state index is -4.69. The van der Waals surface area contributed by atoms with Crippen LogP contribution in [-0.2, 0) is 0 Å². The van der Waals surface area contributed by atoms with E-state index in [9.17, 15) is 26.3 Å². The van der Waals surface area contributed by atoms with E-state index in [1.807, 2.05) is 0 Å². The Hall–Kier alpha value is -2.24. The third-order valence-electron chi connectivity index (χ3n) is 6.61. The molecule has 3 rings (SSSR count). The normalized spacial score (nSPS) is 20.6. The second-order valence-corrected chi connectivity index (χ2v) is 8.85. The van der Waals surface area contributed by atoms with E-state index in [-0.39, 0.29) is 23.1 Å². The van der Waals surface area contributed by atoms with E-state index in [2.05, 4.69) is 13.8 Å². The lowest BCUT2D eigenvalue weighted by molar-refractivity contribution is -0.0790. The lowest BCUT2D eigenvalue weighted by atomic mass is 9.73. The molecule has 0 aliphatic heterocycles. The van der Waals surface area contributed by atoms with Crippen molar-refractivity contribution >= 4 is 6.08 Å². The van der Waals surface area contributed by atoms with Crippen LogP contribution < -0.4 is 0 Å². The van der Waals surface area contributed by atoms with Crippen molar-refractivity contribution in [3.8, 4) is 11.1 Å². The molecule has 6 heteroatoms. The predicted molar refractivity (Wildman–Crippen MR) is 116 cm³/mol. The highest BCUT2D eigenvalue weighted by Crippen LogP contribution is 2.40. The van der Waals surface area contributed by atoms with Crippen LogP contribution in [0.3, 0.4) is 0 Å². The van der Waals surface area contributed by atoms with Gasteiger partial charge < -0.3 is 0 Å². The van der Waals surface area contributed by atoms with Crippen LogP contribution in [0.5, 0.6) is 0 Å². The summed E-state index contributed by atoms with van der Waals surface area (Å²) in [6, 6.07) is 6.42. The highest BCUT2D eigenvalue weighted by molar-refractivity contribution is 5.67. The topological polar surface area (TPSA) is 0 Å². The van der Waals surface area contributed by atoms with Crippen LogP contribution >= 0.6 is 0 Å². The highest BCUT2D eigenvalue weighted by Gasteiger charge is 2.26. The summed E-state index contributed by atoms with van der Waals surface area (Å²) in [5, 5.41) is 0. The number of benzene rings is 2. The molecule has 0 saturated heterocycles. The third kappa shape index (κ3) is 5.96. The SMILES string of the molecule is CCCC(C)C1CCC(c2ccc(-c3cc(F)c(/C=C/C(F)(F)F)c(F)c3)c(F)c2)CC1. The van der Waals surface area contributed by atoms with Gasteiger partial charge in [0.1, 0.15) is 17.5 Å². The quantitative estimate of drug-likeness (QED) is 0.382. The Morgan fingerprint density at radius 2 is 1.56 bits per heavy atom. The molecule has 32 heavy (non-hydrogen) atoms. The molecule has 1 fully saturated rings. The average Bonchev–Trinajstić information content (AvgIpc) is 2.72. The molecule has 0 amide bonds. The van der Waals surface area contributed by atoms with Gasteiger partial charge in [-0.1, -0.05) is 38.8 Å². The van der Waals surface area contributed by atoms with Crippen LogP contribution in [0.4, 0.5) is 26.3 Å². The summed E-state index contributed by atoms with van der Waals surface area (Å²) in [6.07, 6.45) is 2.00. The molecular weight excluding hydrogens is 426 g/mol. The second kappa shape index (κ2) is 10.1. The predicted octanol–water partition coefficient (Wildman–Crippen LogP) is 9.06. The zero-order chi connectivity index (χ0) is 23.5. The van der Waals surface area contributed by atoms with Crippen LogP contribution in [0.15, 0.2) is 36.4 Å². The fourth-order valence-electron chi connectivity index (χ4n) is 4.81. The Bertz CT molecular complexity index is 928. The summed E-state index contributed by atoms with van der Waals surface area (Å²) < 4.78 is 80.3. The van der Waals surface area contributed by atoms with Crippen molar-refractivity contribution in [3.05, 3.63) is 65.0 Å². The molecule has 0 N–H and O–H groups in total. The molecule has 1 aliphatic carbocycles. The van der Waals surface area contributed by atoms with E-state index >= 15 is 0 Å². The minimum Gasteiger partial charge on any atom is -0.206 e. The van der Waals surface area contributed by atoms with Gasteiger partial charge in [-0.25, -0.2) is 13.2 Å². The molecule has 0 heterocycles. The molecule has 0 radical (unpaired) electrons. The molecule has 174 valence electrons.